The number of hydrogen-bond donors (Lipinski definition) is 1. The van der Waals surface area contributed by atoms with E-state index in [0.29, 0.717) is 0 Å². The van der Waals surface area contributed by atoms with Gasteiger partial charge in [-0.3, -0.25) is 4.98 Å². The van der Waals surface area contributed by atoms with Crippen LogP contribution in [0.25, 0.3) is 0 Å². The Morgan fingerprint density at radius 3 is 2.70 bits per heavy atom. The molecule has 0 aliphatic heterocycles. The molecule has 0 aliphatic carbocycles. The molecule has 0 saturated carbocycles. The molecule has 3 nitrogen and oxygen atoms in total. The predicted molar refractivity (Wildman–Crippen MR) is 84.9 cm³/mol. The summed E-state index contributed by atoms with van der Waals surface area (Å²) < 4.78 is 0. The Morgan fingerprint density at radius 2 is 1.95 bits per heavy atom. The van der Waals surface area contributed by atoms with Gasteiger partial charge in [-0.1, -0.05) is 31.2 Å². The fourth-order valence-electron chi connectivity index (χ4n) is 2.30. The first-order valence-electron chi connectivity index (χ1n) is 7.11. The summed E-state index contributed by atoms with van der Waals surface area (Å²) in [6.07, 6.45) is 3.81. The van der Waals surface area contributed by atoms with Crippen LogP contribution in [0.4, 0.5) is 5.69 Å². The monoisotopic (exact) mass is 269 g/mol. The number of aromatic nitrogens is 1. The Morgan fingerprint density at radius 1 is 1.15 bits per heavy atom. The van der Waals surface area contributed by atoms with E-state index in [4.69, 9.17) is 0 Å². The van der Waals surface area contributed by atoms with Gasteiger partial charge in [-0.2, -0.15) is 0 Å². The molecule has 0 amide bonds. The highest BCUT2D eigenvalue weighted by atomic mass is 15.1. The lowest BCUT2D eigenvalue weighted by atomic mass is 10.1. The Balaban J connectivity index is 2.16. The Bertz CT molecular complexity index is 551. The van der Waals surface area contributed by atoms with E-state index in [1.165, 1.54) is 22.4 Å². The van der Waals surface area contributed by atoms with Gasteiger partial charge in [0.2, 0.25) is 0 Å². The summed E-state index contributed by atoms with van der Waals surface area (Å²) in [5.41, 5.74) is 5.17. The summed E-state index contributed by atoms with van der Waals surface area (Å²) in [6.45, 7) is 7.04. The van der Waals surface area contributed by atoms with Gasteiger partial charge in [-0.15, -0.1) is 0 Å². The van der Waals surface area contributed by atoms with Crippen LogP contribution in [0, 0.1) is 6.92 Å². The molecular formula is C17H23N3. The van der Waals surface area contributed by atoms with Crippen LogP contribution < -0.4 is 10.2 Å². The molecule has 20 heavy (non-hydrogen) atoms. The van der Waals surface area contributed by atoms with Crippen molar-refractivity contribution in [2.75, 3.05) is 18.5 Å². The third-order valence-corrected chi connectivity index (χ3v) is 3.53. The smallest absolute Gasteiger partial charge is 0.0598 e. The molecule has 0 bridgehead atoms. The molecule has 2 aromatic rings. The topological polar surface area (TPSA) is 28.2 Å². The van der Waals surface area contributed by atoms with Crippen molar-refractivity contribution in [1.29, 1.82) is 0 Å². The van der Waals surface area contributed by atoms with E-state index in [1.54, 1.807) is 0 Å². The van der Waals surface area contributed by atoms with Crippen molar-refractivity contribution in [2.24, 2.45) is 0 Å². The maximum atomic E-state index is 4.27. The van der Waals surface area contributed by atoms with Crippen molar-refractivity contribution in [3.63, 3.8) is 0 Å². The minimum absolute atomic E-state index is 0.881. The standard InChI is InChI=1S/C17H23N3/c1-4-18-11-15-9-10-19-12-17(15)20(3)13-16-8-6-5-7-14(16)2/h5-10,12,18H,4,11,13H2,1-3H3. The number of rotatable bonds is 6. The third kappa shape index (κ3) is 3.58. The normalized spacial score (nSPS) is 10.6. The van der Waals surface area contributed by atoms with E-state index in [-0.39, 0.29) is 0 Å². The van der Waals surface area contributed by atoms with Crippen molar-refractivity contribution in [3.8, 4) is 0 Å². The highest BCUT2D eigenvalue weighted by Gasteiger charge is 2.08. The van der Waals surface area contributed by atoms with Crippen molar-refractivity contribution < 1.29 is 0 Å². The summed E-state index contributed by atoms with van der Waals surface area (Å²) in [4.78, 5) is 6.53. The maximum absolute atomic E-state index is 4.27. The van der Waals surface area contributed by atoms with Gasteiger partial charge in [0.25, 0.3) is 0 Å². The Labute approximate surface area is 121 Å². The molecule has 2 rings (SSSR count). The zero-order valence-electron chi connectivity index (χ0n) is 12.6. The van der Waals surface area contributed by atoms with Gasteiger partial charge in [0.05, 0.1) is 11.9 Å². The van der Waals surface area contributed by atoms with Gasteiger partial charge in [0.15, 0.2) is 0 Å². The first-order valence-corrected chi connectivity index (χ1v) is 7.11. The van der Waals surface area contributed by atoms with Crippen molar-refractivity contribution in [3.05, 3.63) is 59.4 Å². The second kappa shape index (κ2) is 7.06. The molecular weight excluding hydrogens is 246 g/mol. The molecule has 1 heterocycles. The molecule has 0 unspecified atom stereocenters. The Hall–Kier alpha value is -1.87. The first kappa shape index (κ1) is 14.5. The third-order valence-electron chi connectivity index (χ3n) is 3.53. The lowest BCUT2D eigenvalue weighted by Gasteiger charge is -2.23. The molecule has 1 aromatic heterocycles. The van der Waals surface area contributed by atoms with Gasteiger partial charge in [0.1, 0.15) is 0 Å². The minimum Gasteiger partial charge on any atom is -0.369 e. The predicted octanol–water partition coefficient (Wildman–Crippen LogP) is 3.14. The van der Waals surface area contributed by atoms with Crippen LogP contribution in [0.2, 0.25) is 0 Å². The highest BCUT2D eigenvalue weighted by Crippen LogP contribution is 2.20. The number of anilines is 1. The number of benzene rings is 1. The molecule has 3 heteroatoms. The van der Waals surface area contributed by atoms with Crippen molar-refractivity contribution in [1.82, 2.24) is 10.3 Å². The summed E-state index contributed by atoms with van der Waals surface area (Å²) in [7, 11) is 2.12. The quantitative estimate of drug-likeness (QED) is 0.873. The minimum atomic E-state index is 0.881. The molecule has 0 aliphatic rings. The van der Waals surface area contributed by atoms with E-state index in [2.05, 4.69) is 66.4 Å². The van der Waals surface area contributed by atoms with Gasteiger partial charge in [0, 0.05) is 26.3 Å². The number of hydrogen-bond acceptors (Lipinski definition) is 3. The molecule has 106 valence electrons. The van der Waals surface area contributed by atoms with Crippen LogP contribution in [0.5, 0.6) is 0 Å². The van der Waals surface area contributed by atoms with Crippen molar-refractivity contribution >= 4 is 5.69 Å². The number of nitrogens with one attached hydrogen (secondary N) is 1. The maximum Gasteiger partial charge on any atom is 0.0598 e. The summed E-state index contributed by atoms with van der Waals surface area (Å²) in [5.74, 6) is 0. The molecule has 0 atom stereocenters. The summed E-state index contributed by atoms with van der Waals surface area (Å²) in [6, 6.07) is 10.6. The first-order chi connectivity index (χ1) is 9.72. The average Bonchev–Trinajstić information content (AvgIpc) is 2.47. The number of nitrogens with zero attached hydrogens (tertiary/aromatic N) is 2. The second-order valence-corrected chi connectivity index (χ2v) is 5.07. The SMILES string of the molecule is CCNCc1ccncc1N(C)Cc1ccccc1C. The van der Waals surface area contributed by atoms with E-state index in [1.807, 2.05) is 12.4 Å². The van der Waals surface area contributed by atoms with Gasteiger partial charge in [-0.05, 0) is 36.2 Å². The molecule has 0 fully saturated rings. The number of pyridine rings is 1. The fraction of sp³-hybridized carbons (Fsp3) is 0.353. The van der Waals surface area contributed by atoms with Crippen LogP contribution in [-0.2, 0) is 13.1 Å². The van der Waals surface area contributed by atoms with E-state index in [9.17, 15) is 0 Å². The van der Waals surface area contributed by atoms with E-state index >= 15 is 0 Å². The average molecular weight is 269 g/mol. The molecule has 0 radical (unpaired) electrons. The molecule has 0 saturated heterocycles. The zero-order chi connectivity index (χ0) is 14.4. The number of aryl methyl sites for hydroxylation is 1. The summed E-state index contributed by atoms with van der Waals surface area (Å²) >= 11 is 0. The fourth-order valence-corrected chi connectivity index (χ4v) is 2.30. The van der Waals surface area contributed by atoms with Crippen molar-refractivity contribution in [2.45, 2.75) is 26.9 Å². The Kier molecular flexibility index (Phi) is 5.13. The van der Waals surface area contributed by atoms with Crippen LogP contribution in [0.1, 0.15) is 23.6 Å². The summed E-state index contributed by atoms with van der Waals surface area (Å²) in [5, 5.41) is 3.38. The largest absolute Gasteiger partial charge is 0.369 e. The van der Waals surface area contributed by atoms with Gasteiger partial charge in [-0.25, -0.2) is 0 Å². The molecule has 0 spiro atoms. The van der Waals surface area contributed by atoms with Gasteiger partial charge < -0.3 is 10.2 Å². The van der Waals surface area contributed by atoms with Crippen LogP contribution in [-0.4, -0.2) is 18.6 Å². The van der Waals surface area contributed by atoms with E-state index in [0.717, 1.165) is 19.6 Å². The van der Waals surface area contributed by atoms with E-state index < -0.39 is 0 Å². The van der Waals surface area contributed by atoms with Gasteiger partial charge >= 0.3 is 0 Å². The lowest BCUT2D eigenvalue weighted by molar-refractivity contribution is 0.722. The second-order valence-electron chi connectivity index (χ2n) is 5.07. The molecule has 1 aromatic carbocycles. The van der Waals surface area contributed by atoms with Crippen LogP contribution in [0.15, 0.2) is 42.7 Å². The highest BCUT2D eigenvalue weighted by molar-refractivity contribution is 5.51. The molecule has 1 N–H and O–H groups in total. The lowest BCUT2D eigenvalue weighted by Crippen LogP contribution is -2.21. The van der Waals surface area contributed by atoms with Crippen LogP contribution in [0.3, 0.4) is 0 Å². The van der Waals surface area contributed by atoms with Crippen LogP contribution >= 0.6 is 0 Å². The zero-order valence-corrected chi connectivity index (χ0v) is 12.6.